The minimum atomic E-state index is -0.599. The summed E-state index contributed by atoms with van der Waals surface area (Å²) in [5.41, 5.74) is 7.48. The Labute approximate surface area is 171 Å². The van der Waals surface area contributed by atoms with Gasteiger partial charge in [-0.05, 0) is 42.0 Å². The number of carbonyl (C=O) groups is 2. The highest BCUT2D eigenvalue weighted by Gasteiger charge is 2.25. The molecule has 1 unspecified atom stereocenters. The van der Waals surface area contributed by atoms with Gasteiger partial charge in [0, 0.05) is 24.5 Å². The van der Waals surface area contributed by atoms with Gasteiger partial charge in [0.15, 0.2) is 0 Å². The molecule has 2 heterocycles. The highest BCUT2D eigenvalue weighted by atomic mass is 16.5. The molecule has 3 amide bonds. The molecule has 1 fully saturated rings. The molecule has 0 saturated carbocycles. The van der Waals surface area contributed by atoms with Gasteiger partial charge >= 0.3 is 6.03 Å². The van der Waals surface area contributed by atoms with E-state index in [4.69, 9.17) is 10.5 Å². The van der Waals surface area contributed by atoms with Crippen molar-refractivity contribution in [2.24, 2.45) is 5.73 Å². The molecule has 1 atom stereocenters. The molecule has 1 aromatic carbocycles. The monoisotopic (exact) mass is 396 g/mol. The number of pyridine rings is 1. The Morgan fingerprint density at radius 2 is 1.93 bits per heavy atom. The topological polar surface area (TPSA) is 97.6 Å². The molecule has 2 aromatic rings. The number of piperidine rings is 1. The summed E-state index contributed by atoms with van der Waals surface area (Å²) in [4.78, 5) is 29.6. The van der Waals surface area contributed by atoms with Gasteiger partial charge in [0.1, 0.15) is 17.5 Å². The van der Waals surface area contributed by atoms with Gasteiger partial charge < -0.3 is 20.7 Å². The molecule has 1 aromatic heterocycles. The second kappa shape index (κ2) is 8.51. The van der Waals surface area contributed by atoms with Crippen LogP contribution in [0.25, 0.3) is 0 Å². The Kier molecular flexibility index (Phi) is 6.06. The molecule has 3 rings (SSSR count). The SMILES string of the molecule is CC(C)(C)c1ccc(NC(=O)N2CCCC(Oc3ccnc(C(N)=O)c3)C2)cc1. The van der Waals surface area contributed by atoms with E-state index in [1.54, 1.807) is 11.0 Å². The molecule has 1 saturated heterocycles. The number of rotatable bonds is 4. The molecule has 154 valence electrons. The summed E-state index contributed by atoms with van der Waals surface area (Å²) in [5.74, 6) is -0.0728. The standard InChI is InChI=1S/C22H28N4O3/c1-22(2,3)15-6-8-16(9-7-15)25-21(28)26-12-4-5-18(14-26)29-17-10-11-24-19(13-17)20(23)27/h6-11,13,18H,4-5,12,14H2,1-3H3,(H2,23,27)(H,25,28). The molecule has 1 aliphatic rings. The molecule has 3 N–H and O–H groups in total. The van der Waals surface area contributed by atoms with E-state index in [0.29, 0.717) is 18.8 Å². The van der Waals surface area contributed by atoms with Crippen molar-refractivity contribution < 1.29 is 14.3 Å². The lowest BCUT2D eigenvalue weighted by atomic mass is 9.87. The fraction of sp³-hybridized carbons (Fsp3) is 0.409. The van der Waals surface area contributed by atoms with Crippen molar-refractivity contribution in [2.75, 3.05) is 18.4 Å². The van der Waals surface area contributed by atoms with Gasteiger partial charge in [-0.25, -0.2) is 4.79 Å². The van der Waals surface area contributed by atoms with Crippen LogP contribution in [-0.4, -0.2) is 41.0 Å². The maximum atomic E-state index is 12.7. The quantitative estimate of drug-likeness (QED) is 0.826. The number of carbonyl (C=O) groups excluding carboxylic acids is 2. The lowest BCUT2D eigenvalue weighted by Gasteiger charge is -2.33. The zero-order valence-corrected chi connectivity index (χ0v) is 17.1. The summed E-state index contributed by atoms with van der Waals surface area (Å²) in [6, 6.07) is 11.0. The zero-order chi connectivity index (χ0) is 21.0. The van der Waals surface area contributed by atoms with Crippen LogP contribution in [0.1, 0.15) is 49.7 Å². The highest BCUT2D eigenvalue weighted by molar-refractivity contribution is 5.91. The van der Waals surface area contributed by atoms with Crippen molar-refractivity contribution in [1.82, 2.24) is 9.88 Å². The van der Waals surface area contributed by atoms with Gasteiger partial charge in [0.05, 0.1) is 6.54 Å². The van der Waals surface area contributed by atoms with Crippen molar-refractivity contribution in [3.05, 3.63) is 53.9 Å². The predicted molar refractivity (Wildman–Crippen MR) is 112 cm³/mol. The zero-order valence-electron chi connectivity index (χ0n) is 17.1. The fourth-order valence-corrected chi connectivity index (χ4v) is 3.29. The van der Waals surface area contributed by atoms with Crippen molar-refractivity contribution in [3.8, 4) is 5.75 Å². The smallest absolute Gasteiger partial charge is 0.321 e. The second-order valence-corrected chi connectivity index (χ2v) is 8.33. The number of nitrogens with zero attached hydrogens (tertiary/aromatic N) is 2. The summed E-state index contributed by atoms with van der Waals surface area (Å²) < 4.78 is 5.96. The lowest BCUT2D eigenvalue weighted by Crippen LogP contribution is -2.46. The number of benzene rings is 1. The average molecular weight is 396 g/mol. The first kappa shape index (κ1) is 20.6. The first-order valence-electron chi connectivity index (χ1n) is 9.81. The van der Waals surface area contributed by atoms with Crippen LogP contribution >= 0.6 is 0 Å². The lowest BCUT2D eigenvalue weighted by molar-refractivity contribution is 0.0989. The van der Waals surface area contributed by atoms with Gasteiger partial charge in [-0.2, -0.15) is 0 Å². The predicted octanol–water partition coefficient (Wildman–Crippen LogP) is 3.55. The van der Waals surface area contributed by atoms with Gasteiger partial charge in [-0.3, -0.25) is 9.78 Å². The van der Waals surface area contributed by atoms with Crippen molar-refractivity contribution in [1.29, 1.82) is 0 Å². The average Bonchev–Trinajstić information content (AvgIpc) is 2.68. The molecule has 0 aliphatic carbocycles. The van der Waals surface area contributed by atoms with E-state index in [9.17, 15) is 9.59 Å². The van der Waals surface area contributed by atoms with Crippen LogP contribution in [-0.2, 0) is 5.41 Å². The molecular formula is C22H28N4O3. The minimum Gasteiger partial charge on any atom is -0.488 e. The van der Waals surface area contributed by atoms with Crippen molar-refractivity contribution >= 4 is 17.6 Å². The normalized spacial score (nSPS) is 16.9. The largest absolute Gasteiger partial charge is 0.488 e. The van der Waals surface area contributed by atoms with E-state index < -0.39 is 5.91 Å². The van der Waals surface area contributed by atoms with E-state index in [1.807, 2.05) is 24.3 Å². The summed E-state index contributed by atoms with van der Waals surface area (Å²) in [6.07, 6.45) is 3.01. The van der Waals surface area contributed by atoms with Gasteiger partial charge in [-0.15, -0.1) is 0 Å². The maximum absolute atomic E-state index is 12.7. The van der Waals surface area contributed by atoms with Crippen LogP contribution in [0.4, 0.5) is 10.5 Å². The number of aromatic nitrogens is 1. The number of nitrogens with one attached hydrogen (secondary N) is 1. The van der Waals surface area contributed by atoms with Gasteiger partial charge in [0.25, 0.3) is 5.91 Å². The fourth-order valence-electron chi connectivity index (χ4n) is 3.29. The third-order valence-electron chi connectivity index (χ3n) is 4.95. The molecule has 0 spiro atoms. The number of ether oxygens (including phenoxy) is 1. The Bertz CT molecular complexity index is 874. The highest BCUT2D eigenvalue weighted by Crippen LogP contribution is 2.24. The van der Waals surface area contributed by atoms with E-state index in [-0.39, 0.29) is 23.2 Å². The molecule has 1 aliphatic heterocycles. The number of primary amides is 1. The van der Waals surface area contributed by atoms with Gasteiger partial charge in [0.2, 0.25) is 0 Å². The van der Waals surface area contributed by atoms with Crippen LogP contribution in [0.2, 0.25) is 0 Å². The minimum absolute atomic E-state index is 0.0707. The van der Waals surface area contributed by atoms with Gasteiger partial charge in [-0.1, -0.05) is 32.9 Å². The number of hydrogen-bond acceptors (Lipinski definition) is 4. The first-order chi connectivity index (χ1) is 13.7. The third-order valence-corrected chi connectivity index (χ3v) is 4.95. The number of anilines is 1. The van der Waals surface area contributed by atoms with E-state index >= 15 is 0 Å². The van der Waals surface area contributed by atoms with Crippen molar-refractivity contribution in [3.63, 3.8) is 0 Å². The van der Waals surface area contributed by atoms with E-state index in [2.05, 4.69) is 31.1 Å². The number of nitrogens with two attached hydrogens (primary N) is 1. The van der Waals surface area contributed by atoms with Crippen LogP contribution in [0.3, 0.4) is 0 Å². The number of hydrogen-bond donors (Lipinski definition) is 2. The van der Waals surface area contributed by atoms with Crippen LogP contribution in [0.15, 0.2) is 42.6 Å². The summed E-state index contributed by atoms with van der Waals surface area (Å²) in [5, 5.41) is 2.96. The molecule has 0 radical (unpaired) electrons. The van der Waals surface area contributed by atoms with E-state index in [0.717, 1.165) is 18.5 Å². The molecule has 7 heteroatoms. The Hall–Kier alpha value is -3.09. The third kappa shape index (κ3) is 5.47. The number of urea groups is 1. The number of likely N-dealkylation sites (tertiary alicyclic amines) is 1. The van der Waals surface area contributed by atoms with Crippen LogP contribution in [0.5, 0.6) is 5.75 Å². The number of amides is 3. The molecule has 7 nitrogen and oxygen atoms in total. The second-order valence-electron chi connectivity index (χ2n) is 8.33. The van der Waals surface area contributed by atoms with Crippen LogP contribution in [0, 0.1) is 0 Å². The molecule has 0 bridgehead atoms. The molecular weight excluding hydrogens is 368 g/mol. The molecule has 29 heavy (non-hydrogen) atoms. The Balaban J connectivity index is 1.59. The Morgan fingerprint density at radius 3 is 2.59 bits per heavy atom. The first-order valence-corrected chi connectivity index (χ1v) is 9.81. The van der Waals surface area contributed by atoms with Crippen molar-refractivity contribution in [2.45, 2.75) is 45.1 Å². The van der Waals surface area contributed by atoms with E-state index in [1.165, 1.54) is 17.8 Å². The summed E-state index contributed by atoms with van der Waals surface area (Å²) in [7, 11) is 0. The van der Waals surface area contributed by atoms with Crippen LogP contribution < -0.4 is 15.8 Å². The maximum Gasteiger partial charge on any atom is 0.321 e. The summed E-state index contributed by atoms with van der Waals surface area (Å²) in [6.45, 7) is 7.62. The summed E-state index contributed by atoms with van der Waals surface area (Å²) >= 11 is 0. The Morgan fingerprint density at radius 1 is 1.21 bits per heavy atom.